The van der Waals surface area contributed by atoms with E-state index in [0.717, 1.165) is 98.8 Å². The van der Waals surface area contributed by atoms with Crippen LogP contribution in [0.1, 0.15) is 106 Å². The summed E-state index contributed by atoms with van der Waals surface area (Å²) in [6.07, 6.45) is 14.8. The van der Waals surface area contributed by atoms with Crippen LogP contribution in [0.5, 0.6) is 0 Å². The number of carbonyl (C=O) groups is 2. The Labute approximate surface area is 373 Å². The monoisotopic (exact) mass is 864 g/mol. The lowest BCUT2D eigenvalue weighted by Gasteiger charge is -2.29. The standard InChI is InChI=1S/C21H25N5O.C17H21N5.C6H15N.C4H5ClO/c1-13-11-22-21(25-19(13)23-17-6-7-17)24-18-5-4-16-12-26(9-8-15(16)10-18)20(27)14-2-3-14;1-11-9-19-17(22-16(11)20-14-4-5-14)21-15-3-2-13-10-18-7-6-12(13)8-15;1-4-7(5-2)6-3;5-4(6)3-1-2-3/h4-5,10-11,14,17H,2-3,6-9,12H2,1H3,(H2,22,23,24,25);2-3,8-9,14,18H,4-7,10H2,1H3,(H2,19,20,21,22);4-6H2,1-3H3;3H,1-2H2. The molecule has 0 bridgehead atoms. The maximum absolute atomic E-state index is 12.3. The summed E-state index contributed by atoms with van der Waals surface area (Å²) in [5.74, 6) is 4.00. The van der Waals surface area contributed by atoms with Crippen molar-refractivity contribution in [3.8, 4) is 0 Å². The highest BCUT2D eigenvalue weighted by molar-refractivity contribution is 6.64. The molecule has 4 fully saturated rings. The minimum absolute atomic E-state index is 0.157. The molecule has 4 heterocycles. The lowest BCUT2D eigenvalue weighted by molar-refractivity contribution is -0.133. The van der Waals surface area contributed by atoms with Crippen LogP contribution >= 0.6 is 11.6 Å². The van der Waals surface area contributed by atoms with Crippen LogP contribution in [0.4, 0.5) is 34.9 Å². The molecular formula is C48H66ClN11O2. The minimum Gasteiger partial charge on any atom is -0.367 e. The number of carbonyl (C=O) groups excluding carboxylic acids is 2. The molecule has 6 aliphatic rings. The molecule has 62 heavy (non-hydrogen) atoms. The number of rotatable bonds is 13. The van der Waals surface area contributed by atoms with Crippen LogP contribution in [0.25, 0.3) is 0 Å². The summed E-state index contributed by atoms with van der Waals surface area (Å²) in [6.45, 7) is 17.8. The largest absolute Gasteiger partial charge is 0.367 e. The molecule has 332 valence electrons. The number of anilines is 6. The van der Waals surface area contributed by atoms with E-state index in [1.807, 2.05) is 31.1 Å². The number of aromatic nitrogens is 4. The summed E-state index contributed by atoms with van der Waals surface area (Å²) < 4.78 is 0. The van der Waals surface area contributed by atoms with Gasteiger partial charge in [0, 0.05) is 78.4 Å². The van der Waals surface area contributed by atoms with E-state index >= 15 is 0 Å². The van der Waals surface area contributed by atoms with Crippen LogP contribution in [0.15, 0.2) is 48.8 Å². The summed E-state index contributed by atoms with van der Waals surface area (Å²) in [7, 11) is 0. The van der Waals surface area contributed by atoms with E-state index in [1.165, 1.54) is 67.6 Å². The number of benzene rings is 2. The maximum atomic E-state index is 12.3. The van der Waals surface area contributed by atoms with E-state index in [1.54, 1.807) is 0 Å². The Morgan fingerprint density at radius 1 is 0.710 bits per heavy atom. The fourth-order valence-electron chi connectivity index (χ4n) is 7.34. The first-order chi connectivity index (χ1) is 30.1. The van der Waals surface area contributed by atoms with Gasteiger partial charge in [0.25, 0.3) is 0 Å². The van der Waals surface area contributed by atoms with E-state index in [9.17, 15) is 9.59 Å². The van der Waals surface area contributed by atoms with Crippen molar-refractivity contribution in [1.29, 1.82) is 0 Å². The minimum atomic E-state index is -0.157. The number of nitrogens with zero attached hydrogens (tertiary/aromatic N) is 6. The van der Waals surface area contributed by atoms with E-state index in [4.69, 9.17) is 11.6 Å². The third-order valence-electron chi connectivity index (χ3n) is 12.1. The topological polar surface area (TPSA) is 152 Å². The Kier molecular flexibility index (Phi) is 15.7. The van der Waals surface area contributed by atoms with Crippen LogP contribution in [0.2, 0.25) is 0 Å². The zero-order valence-corrected chi connectivity index (χ0v) is 38.1. The van der Waals surface area contributed by atoms with Crippen LogP contribution in [0, 0.1) is 25.7 Å². The van der Waals surface area contributed by atoms with Gasteiger partial charge in [-0.2, -0.15) is 9.97 Å². The molecule has 2 aliphatic heterocycles. The molecule has 13 nitrogen and oxygen atoms in total. The van der Waals surface area contributed by atoms with Crippen LogP contribution in [-0.2, 0) is 35.5 Å². The first-order valence-electron chi connectivity index (χ1n) is 23.0. The van der Waals surface area contributed by atoms with Gasteiger partial charge >= 0.3 is 0 Å². The van der Waals surface area contributed by atoms with Gasteiger partial charge in [-0.05, 0) is 162 Å². The van der Waals surface area contributed by atoms with Crippen molar-refractivity contribution in [3.63, 3.8) is 0 Å². The molecule has 14 heteroatoms. The van der Waals surface area contributed by atoms with Gasteiger partial charge in [0.2, 0.25) is 23.0 Å². The van der Waals surface area contributed by atoms with Crippen molar-refractivity contribution in [2.75, 3.05) is 54.0 Å². The van der Waals surface area contributed by atoms with Gasteiger partial charge in [-0.15, -0.1) is 0 Å². The molecule has 4 saturated carbocycles. The molecule has 10 rings (SSSR count). The molecule has 0 atom stereocenters. The van der Waals surface area contributed by atoms with Crippen molar-refractivity contribution in [1.82, 2.24) is 35.1 Å². The van der Waals surface area contributed by atoms with Gasteiger partial charge in [0.15, 0.2) is 0 Å². The lowest BCUT2D eigenvalue weighted by atomic mass is 9.98. The smallest absolute Gasteiger partial charge is 0.229 e. The number of aryl methyl sites for hydroxylation is 2. The Morgan fingerprint density at radius 3 is 1.68 bits per heavy atom. The third kappa shape index (κ3) is 13.6. The molecule has 4 aromatic rings. The van der Waals surface area contributed by atoms with Gasteiger partial charge in [-0.1, -0.05) is 32.9 Å². The maximum Gasteiger partial charge on any atom is 0.229 e. The second kappa shape index (κ2) is 21.5. The fraction of sp³-hybridized carbons (Fsp3) is 0.542. The molecule has 4 aliphatic carbocycles. The molecule has 2 aromatic heterocycles. The zero-order chi connectivity index (χ0) is 43.6. The Balaban J connectivity index is 0.000000147. The van der Waals surface area contributed by atoms with E-state index in [2.05, 4.69) is 109 Å². The molecule has 1 amide bonds. The molecule has 0 saturated heterocycles. The van der Waals surface area contributed by atoms with E-state index in [0.29, 0.717) is 35.8 Å². The SMILES string of the molecule is CCN(CC)CC.Cc1cnc(Nc2ccc3c(c2)CCN(C(=O)C2CC2)C3)nc1NC1CC1.Cc1cnc(Nc2ccc3c(c2)CCNC3)nc1NC1CC1.O=C(Cl)C1CC1. The summed E-state index contributed by atoms with van der Waals surface area (Å²) in [4.78, 5) is 44.7. The number of fused-ring (bicyclic) bond motifs is 2. The van der Waals surface area contributed by atoms with Crippen LogP contribution in [0.3, 0.4) is 0 Å². The number of halogens is 1. The van der Waals surface area contributed by atoms with Crippen molar-refractivity contribution in [3.05, 3.63) is 82.2 Å². The van der Waals surface area contributed by atoms with Crippen molar-refractivity contribution in [2.45, 2.75) is 124 Å². The number of hydrogen-bond acceptors (Lipinski definition) is 12. The van der Waals surface area contributed by atoms with Crippen LogP contribution in [-0.4, -0.2) is 85.7 Å². The first-order valence-corrected chi connectivity index (χ1v) is 23.4. The Bertz CT molecular complexity index is 2140. The molecule has 0 radical (unpaired) electrons. The average molecular weight is 865 g/mol. The fourth-order valence-corrected chi connectivity index (χ4v) is 7.56. The van der Waals surface area contributed by atoms with Crippen molar-refractivity contribution < 1.29 is 9.59 Å². The second-order valence-electron chi connectivity index (χ2n) is 17.4. The molecule has 0 spiro atoms. The lowest BCUT2D eigenvalue weighted by Crippen LogP contribution is -2.36. The average Bonchev–Trinajstić information content (AvgIpc) is 4.06. The van der Waals surface area contributed by atoms with Crippen molar-refractivity contribution in [2.24, 2.45) is 11.8 Å². The van der Waals surface area contributed by atoms with E-state index < -0.39 is 0 Å². The van der Waals surface area contributed by atoms with Crippen molar-refractivity contribution >= 4 is 57.7 Å². The summed E-state index contributed by atoms with van der Waals surface area (Å²) >= 11 is 5.04. The quantitative estimate of drug-likeness (QED) is 0.0819. The van der Waals surface area contributed by atoms with Gasteiger partial charge in [-0.25, -0.2) is 9.97 Å². The Morgan fingerprint density at radius 2 is 1.23 bits per heavy atom. The second-order valence-corrected chi connectivity index (χ2v) is 17.8. The highest BCUT2D eigenvalue weighted by Gasteiger charge is 2.34. The first kappa shape index (κ1) is 45.2. The molecule has 0 unspecified atom stereocenters. The predicted molar refractivity (Wildman–Crippen MR) is 251 cm³/mol. The molecular weight excluding hydrogens is 798 g/mol. The Hall–Kier alpha value is -4.85. The molecule has 5 N–H and O–H groups in total. The van der Waals surface area contributed by atoms with Gasteiger partial charge in [0.05, 0.1) is 0 Å². The van der Waals surface area contributed by atoms with E-state index in [-0.39, 0.29) is 11.2 Å². The number of amides is 1. The van der Waals surface area contributed by atoms with Gasteiger partial charge in [-0.3, -0.25) is 9.59 Å². The van der Waals surface area contributed by atoms with Crippen LogP contribution < -0.4 is 26.6 Å². The summed E-state index contributed by atoms with van der Waals surface area (Å²) in [6, 6.07) is 14.0. The van der Waals surface area contributed by atoms with Gasteiger partial charge in [0.1, 0.15) is 11.6 Å². The normalized spacial score (nSPS) is 17.4. The molecule has 2 aromatic carbocycles. The number of hydrogen-bond donors (Lipinski definition) is 5. The zero-order valence-electron chi connectivity index (χ0n) is 37.3. The summed E-state index contributed by atoms with van der Waals surface area (Å²) in [5.41, 5.74) is 9.57. The number of nitrogens with one attached hydrogen (secondary N) is 5. The highest BCUT2D eigenvalue weighted by Crippen LogP contribution is 2.34. The summed E-state index contributed by atoms with van der Waals surface area (Å²) in [5, 5.41) is 16.8. The van der Waals surface area contributed by atoms with Gasteiger partial charge < -0.3 is 36.4 Å². The predicted octanol–water partition coefficient (Wildman–Crippen LogP) is 8.66. The third-order valence-corrected chi connectivity index (χ3v) is 12.4. The highest BCUT2D eigenvalue weighted by atomic mass is 35.5.